The lowest BCUT2D eigenvalue weighted by Gasteiger charge is -2.50. The number of carbonyl (C=O) groups excluding carboxylic acids is 2. The molecule has 7 N–H and O–H groups in total. The van der Waals surface area contributed by atoms with Gasteiger partial charge in [0.15, 0.2) is 16.9 Å². The van der Waals surface area contributed by atoms with Crippen LogP contribution in [0.15, 0.2) is 47.1 Å². The number of aryl methyl sites for hydroxylation is 1. The summed E-state index contributed by atoms with van der Waals surface area (Å²) >= 11 is 0.977. The summed E-state index contributed by atoms with van der Waals surface area (Å²) in [6.45, 7) is 9.46. The highest BCUT2D eigenvalue weighted by atomic mass is 32.3. The van der Waals surface area contributed by atoms with Crippen molar-refractivity contribution in [3.8, 4) is 16.9 Å². The molecule has 18 nitrogen and oxygen atoms in total. The highest BCUT2D eigenvalue weighted by molar-refractivity contribution is 7.80. The molecule has 6 rings (SSSR count). The Balaban J connectivity index is 1.21. The molecule has 290 valence electrons. The maximum Gasteiger partial charge on any atom is 0.418 e. The topological polar surface area (TPSA) is 253 Å². The second-order valence-corrected chi connectivity index (χ2v) is 16.0. The highest BCUT2D eigenvalue weighted by Gasteiger charge is 2.58. The summed E-state index contributed by atoms with van der Waals surface area (Å²) in [4.78, 5) is 51.1. The molecule has 20 heteroatoms. The van der Waals surface area contributed by atoms with Crippen LogP contribution in [0.2, 0.25) is 0 Å². The van der Waals surface area contributed by atoms with E-state index in [1.165, 1.54) is 26.2 Å². The Bertz CT molecular complexity index is 2110. The van der Waals surface area contributed by atoms with Gasteiger partial charge in [-0.2, -0.15) is 13.5 Å². The van der Waals surface area contributed by atoms with Gasteiger partial charge in [0.05, 0.1) is 31.4 Å². The van der Waals surface area contributed by atoms with Crippen LogP contribution in [0.4, 0.5) is 10.9 Å². The number of β-lactam (4-membered cyclic amide) rings is 1. The number of rotatable bonds is 13. The zero-order chi connectivity index (χ0) is 39.2. The molecular formula is C34H43N8O10S2+. The van der Waals surface area contributed by atoms with Crippen molar-refractivity contribution in [2.45, 2.75) is 76.8 Å². The molecule has 0 spiro atoms. The van der Waals surface area contributed by atoms with E-state index in [4.69, 9.17) is 25.6 Å². The van der Waals surface area contributed by atoms with Gasteiger partial charge in [0.25, 0.3) is 23.2 Å². The minimum atomic E-state index is -5.03. The Morgan fingerprint density at radius 3 is 2.63 bits per heavy atom. The molecule has 3 aliphatic heterocycles. The first kappa shape index (κ1) is 38.8. The van der Waals surface area contributed by atoms with Crippen LogP contribution in [0.5, 0.6) is 5.75 Å². The number of nitrogens with zero attached hydrogens (tertiary/aromatic N) is 5. The number of hydrogen-bond donors (Lipinski definition) is 5. The predicted molar refractivity (Wildman–Crippen MR) is 196 cm³/mol. The summed E-state index contributed by atoms with van der Waals surface area (Å²) < 4.78 is 44.3. The van der Waals surface area contributed by atoms with Gasteiger partial charge in [-0.15, -0.1) is 15.6 Å². The van der Waals surface area contributed by atoms with Crippen molar-refractivity contribution < 1.29 is 50.9 Å². The van der Waals surface area contributed by atoms with Crippen molar-refractivity contribution >= 4 is 56.2 Å². The van der Waals surface area contributed by atoms with Crippen molar-refractivity contribution in [1.82, 2.24) is 15.4 Å². The third kappa shape index (κ3) is 7.56. The predicted octanol–water partition coefficient (Wildman–Crippen LogP) is 1.28. The number of aromatic nitrogens is 2. The van der Waals surface area contributed by atoms with E-state index in [1.807, 2.05) is 12.1 Å². The van der Waals surface area contributed by atoms with E-state index < -0.39 is 57.2 Å². The summed E-state index contributed by atoms with van der Waals surface area (Å²) in [6, 6.07) is 8.61. The first-order valence-corrected chi connectivity index (χ1v) is 19.5. The van der Waals surface area contributed by atoms with Gasteiger partial charge in [-0.05, 0) is 69.4 Å². The number of fused-ring (bicyclic) bond motifs is 2. The Labute approximate surface area is 315 Å². The molecule has 0 radical (unpaired) electrons. The number of hydrogen-bond acceptors (Lipinski definition) is 14. The van der Waals surface area contributed by atoms with Crippen molar-refractivity contribution in [1.29, 1.82) is 0 Å². The molecule has 2 aromatic heterocycles. The second kappa shape index (κ2) is 14.7. The molecule has 2 amide bonds. The summed E-state index contributed by atoms with van der Waals surface area (Å²) in [6.07, 6.45) is 2.86. The Morgan fingerprint density at radius 1 is 1.26 bits per heavy atom. The van der Waals surface area contributed by atoms with Crippen LogP contribution in [0, 0.1) is 5.92 Å². The molecule has 54 heavy (non-hydrogen) atoms. The molecule has 3 aromatic rings. The van der Waals surface area contributed by atoms with Gasteiger partial charge in [0.2, 0.25) is 0 Å². The second-order valence-electron chi connectivity index (χ2n) is 14.1. The van der Waals surface area contributed by atoms with Crippen molar-refractivity contribution in [3.63, 3.8) is 0 Å². The average Bonchev–Trinajstić information content (AvgIpc) is 3.56. The first-order valence-electron chi connectivity index (χ1n) is 17.3. The van der Waals surface area contributed by atoms with E-state index in [2.05, 4.69) is 54.5 Å². The largest absolute Gasteiger partial charge is 0.485 e. The van der Waals surface area contributed by atoms with Gasteiger partial charge in [0.1, 0.15) is 17.5 Å². The number of nitrogens with one attached hydrogen (secondary N) is 1. The van der Waals surface area contributed by atoms with E-state index >= 15 is 0 Å². The van der Waals surface area contributed by atoms with Crippen LogP contribution in [-0.4, -0.2) is 94.5 Å². The molecular weight excluding hydrogens is 745 g/mol. The molecule has 4 atom stereocenters. The third-order valence-electron chi connectivity index (χ3n) is 10.0. The Morgan fingerprint density at radius 2 is 2.00 bits per heavy atom. The van der Waals surface area contributed by atoms with Crippen LogP contribution in [-0.2, 0) is 46.9 Å². The number of thiazole rings is 1. The van der Waals surface area contributed by atoms with E-state index in [-0.39, 0.29) is 17.2 Å². The maximum absolute atomic E-state index is 13.5. The van der Waals surface area contributed by atoms with Crippen molar-refractivity contribution in [2.24, 2.45) is 16.8 Å². The number of aliphatic carboxylic acids is 1. The third-order valence-corrected chi connectivity index (χ3v) is 11.1. The first-order chi connectivity index (χ1) is 25.4. The highest BCUT2D eigenvalue weighted by Crippen LogP contribution is 2.37. The number of amides is 2. The number of carboxylic acid groups (broad SMARTS) is 1. The number of ether oxygens (including phenoxy) is 1. The van der Waals surface area contributed by atoms with Gasteiger partial charge in [-0.25, -0.2) is 14.3 Å². The number of nitrogen functional groups attached to an aromatic ring is 1. The number of benzene rings is 1. The van der Waals surface area contributed by atoms with Crippen LogP contribution < -0.4 is 31.0 Å². The fourth-order valence-electron chi connectivity index (χ4n) is 6.85. The minimum absolute atomic E-state index is 0.0681. The maximum atomic E-state index is 13.5. The van der Waals surface area contributed by atoms with Gasteiger partial charge in [-0.1, -0.05) is 18.1 Å². The number of carbonyl (C=O) groups is 3. The fourth-order valence-corrected chi connectivity index (χ4v) is 7.86. The number of pyridine rings is 1. The summed E-state index contributed by atoms with van der Waals surface area (Å²) in [5.74, 6) is -1.28. The molecule has 0 bridgehead atoms. The summed E-state index contributed by atoms with van der Waals surface area (Å²) in [5, 5.41) is 18.6. The lowest BCUT2D eigenvalue weighted by atomic mass is 9.84. The normalized spacial score (nSPS) is 21.9. The van der Waals surface area contributed by atoms with E-state index in [9.17, 15) is 27.9 Å². The van der Waals surface area contributed by atoms with Crippen molar-refractivity contribution in [3.05, 3.63) is 53.2 Å². The monoisotopic (exact) mass is 787 g/mol. The van der Waals surface area contributed by atoms with Crippen LogP contribution in [0.25, 0.3) is 11.1 Å². The average molecular weight is 788 g/mol. The van der Waals surface area contributed by atoms with Crippen LogP contribution >= 0.6 is 11.3 Å². The fraction of sp³-hybridized carbons (Fsp3) is 0.471. The number of nitrogens with two attached hydrogens (primary N) is 2. The van der Waals surface area contributed by atoms with Gasteiger partial charge >= 0.3 is 16.4 Å². The van der Waals surface area contributed by atoms with Gasteiger partial charge in [-0.3, -0.25) is 19.0 Å². The lowest BCUT2D eigenvalue weighted by Crippen LogP contribution is -2.76. The zero-order valence-electron chi connectivity index (χ0n) is 30.1. The number of oxime groups is 1. The van der Waals surface area contributed by atoms with Gasteiger partial charge < -0.3 is 31.5 Å². The summed E-state index contributed by atoms with van der Waals surface area (Å²) in [7, 11) is -5.03. The molecule has 1 aromatic carbocycles. The molecule has 0 aliphatic carbocycles. The van der Waals surface area contributed by atoms with E-state index in [1.54, 1.807) is 6.07 Å². The molecule has 5 heterocycles. The lowest BCUT2D eigenvalue weighted by molar-refractivity contribution is -0.695. The smallest absolute Gasteiger partial charge is 0.418 e. The van der Waals surface area contributed by atoms with Crippen molar-refractivity contribution in [2.75, 3.05) is 30.3 Å². The number of hydroxylamine groups is 2. The molecule has 1 unspecified atom stereocenters. The number of anilines is 2. The minimum Gasteiger partial charge on any atom is -0.485 e. The molecule has 0 saturated carbocycles. The SMILES string of the molecule is CCC1CN(CCN)c2ccc(-c3ccc4c(c3)CC[C@H]([C@](C)(O/N=C(\C(=O)N[C@@H]3C(=O)N(OS(=O)(=O)O)C3(C)C)c3csc(N)n3)C(=O)O)O4)c[n+]2C1. The van der Waals surface area contributed by atoms with E-state index in [0.29, 0.717) is 29.7 Å². The quantitative estimate of drug-likeness (QED) is 0.0538. The van der Waals surface area contributed by atoms with Crippen LogP contribution in [0.1, 0.15) is 51.8 Å². The Kier molecular flexibility index (Phi) is 10.6. The summed E-state index contributed by atoms with van der Waals surface area (Å²) in [5.41, 5.74) is 10.5. The van der Waals surface area contributed by atoms with Gasteiger partial charge in [0, 0.05) is 29.5 Å². The Hall–Kier alpha value is -4.89. The van der Waals surface area contributed by atoms with E-state index in [0.717, 1.165) is 59.9 Å². The van der Waals surface area contributed by atoms with Crippen LogP contribution in [0.3, 0.4) is 0 Å². The molecule has 1 fully saturated rings. The zero-order valence-corrected chi connectivity index (χ0v) is 31.7. The standard InChI is InChI=1S/C34H42N8O10S2/c1-5-19-15-40(13-12-35)26-11-8-22(17-41(26)16-19)20-6-9-24-21(14-20)7-10-25(50-24)34(4,31(45)46)51-39-27(23-18-53-32(36)37-23)29(43)38-28-30(44)42(33(28,2)3)52-54(47,48)49/h6,8-9,11,14,17-19,25,28H,5,7,10,12-13,15-16,35H2,1-4H3,(H4-,36,37,38,43,45,46,47,48,49)/p+1/b39-27-/t19?,25-,28-,34+/m1/s1. The molecule has 3 aliphatic rings. The molecule has 1 saturated heterocycles. The number of carboxylic acids is 1.